The molecule has 0 aliphatic heterocycles. The fraction of sp³-hybridized carbons (Fsp3) is 0.444. The number of rotatable bonds is 5. The van der Waals surface area contributed by atoms with E-state index in [0.29, 0.717) is 24.5 Å². The quantitative estimate of drug-likeness (QED) is 0.551. The predicted molar refractivity (Wildman–Crippen MR) is 122 cm³/mol. The van der Waals surface area contributed by atoms with Crippen molar-refractivity contribution < 1.29 is 24.5 Å². The number of hydrogen-bond donors (Lipinski definition) is 2. The lowest BCUT2D eigenvalue weighted by Gasteiger charge is -2.52. The van der Waals surface area contributed by atoms with Crippen LogP contribution in [0.15, 0.2) is 42.5 Å². The summed E-state index contributed by atoms with van der Waals surface area (Å²) in [6, 6.07) is 13.5. The van der Waals surface area contributed by atoms with Crippen LogP contribution in [0.25, 0.3) is 0 Å². The average molecular weight is 435 g/mol. The zero-order valence-electron chi connectivity index (χ0n) is 18.7. The van der Waals surface area contributed by atoms with Crippen LogP contribution in [-0.2, 0) is 27.8 Å². The van der Waals surface area contributed by atoms with Gasteiger partial charge in [0.1, 0.15) is 17.1 Å². The van der Waals surface area contributed by atoms with Crippen molar-refractivity contribution in [3.8, 4) is 23.3 Å². The summed E-state index contributed by atoms with van der Waals surface area (Å²) in [6.45, 7) is 1.67. The highest BCUT2D eigenvalue weighted by atomic mass is 16.6. The normalized spacial score (nSPS) is 26.2. The third-order valence-electron chi connectivity index (χ3n) is 7.12. The minimum atomic E-state index is -0.932. The zero-order valence-corrected chi connectivity index (χ0v) is 18.7. The molecule has 0 bridgehead atoms. The number of phenolic OH excluding ortho intramolecular Hbond substituents is 1. The molecule has 2 aliphatic rings. The lowest BCUT2D eigenvalue weighted by atomic mass is 9.52. The molecule has 5 heteroatoms. The Morgan fingerprint density at radius 1 is 1.19 bits per heavy atom. The molecule has 2 aromatic carbocycles. The highest BCUT2D eigenvalue weighted by molar-refractivity contribution is 5.70. The molecule has 3 atom stereocenters. The topological polar surface area (TPSA) is 76.0 Å². The van der Waals surface area contributed by atoms with Gasteiger partial charge in [-0.05, 0) is 92.3 Å². The summed E-state index contributed by atoms with van der Waals surface area (Å²) in [5.41, 5.74) is 2.64. The van der Waals surface area contributed by atoms with E-state index in [-0.39, 0.29) is 17.8 Å². The molecule has 2 N–H and O–H groups in total. The fourth-order valence-corrected chi connectivity index (χ4v) is 5.61. The first-order valence-corrected chi connectivity index (χ1v) is 11.1. The second-order valence-corrected chi connectivity index (χ2v) is 9.03. The number of methoxy groups -OCH3 is 1. The summed E-state index contributed by atoms with van der Waals surface area (Å²) < 4.78 is 10.3. The van der Waals surface area contributed by atoms with Crippen LogP contribution in [0.2, 0.25) is 0 Å². The van der Waals surface area contributed by atoms with Gasteiger partial charge in [0.25, 0.3) is 0 Å². The van der Waals surface area contributed by atoms with Gasteiger partial charge in [-0.3, -0.25) is 0 Å². The van der Waals surface area contributed by atoms with E-state index in [9.17, 15) is 15.0 Å². The summed E-state index contributed by atoms with van der Waals surface area (Å²) in [5.74, 6) is 6.78. The van der Waals surface area contributed by atoms with Crippen molar-refractivity contribution in [2.75, 3.05) is 13.7 Å². The maximum atomic E-state index is 11.5. The second kappa shape index (κ2) is 8.88. The van der Waals surface area contributed by atoms with Crippen LogP contribution in [0.3, 0.4) is 0 Å². The fourth-order valence-electron chi connectivity index (χ4n) is 5.61. The van der Waals surface area contributed by atoms with Crippen LogP contribution >= 0.6 is 0 Å². The summed E-state index contributed by atoms with van der Waals surface area (Å²) in [7, 11) is 1.35. The molecule has 0 radical (unpaired) electrons. The van der Waals surface area contributed by atoms with Gasteiger partial charge in [-0.15, -0.1) is 5.92 Å². The van der Waals surface area contributed by atoms with Crippen LogP contribution in [0.5, 0.6) is 11.5 Å². The average Bonchev–Trinajstić information content (AvgIpc) is 2.79. The van der Waals surface area contributed by atoms with Gasteiger partial charge in [0.15, 0.2) is 6.61 Å². The number of aliphatic hydroxyl groups is 1. The number of ether oxygens (including phenoxy) is 2. The second-order valence-electron chi connectivity index (χ2n) is 9.03. The van der Waals surface area contributed by atoms with E-state index in [4.69, 9.17) is 4.74 Å². The Labute approximate surface area is 189 Å². The highest BCUT2D eigenvalue weighted by Crippen LogP contribution is 2.54. The molecule has 32 heavy (non-hydrogen) atoms. The molecule has 4 rings (SSSR count). The van der Waals surface area contributed by atoms with Crippen molar-refractivity contribution in [3.63, 3.8) is 0 Å². The summed E-state index contributed by atoms with van der Waals surface area (Å²) in [4.78, 5) is 11.5. The maximum absolute atomic E-state index is 11.5. The predicted octanol–water partition coefficient (Wildman–Crippen LogP) is 3.93. The molecule has 5 nitrogen and oxygen atoms in total. The van der Waals surface area contributed by atoms with Crippen molar-refractivity contribution >= 4 is 5.97 Å². The van der Waals surface area contributed by atoms with Crippen molar-refractivity contribution in [1.82, 2.24) is 0 Å². The van der Waals surface area contributed by atoms with E-state index in [1.54, 1.807) is 19.1 Å². The smallest absolute Gasteiger partial charge is 0.343 e. The Balaban J connectivity index is 1.70. The van der Waals surface area contributed by atoms with Gasteiger partial charge in [0.05, 0.1) is 7.11 Å². The molecule has 0 saturated heterocycles. The molecule has 1 fully saturated rings. The van der Waals surface area contributed by atoms with Gasteiger partial charge in [-0.1, -0.05) is 24.1 Å². The van der Waals surface area contributed by atoms with Crippen molar-refractivity contribution in [2.24, 2.45) is 5.92 Å². The van der Waals surface area contributed by atoms with E-state index >= 15 is 0 Å². The number of esters is 1. The Hall–Kier alpha value is -2.97. The minimum absolute atomic E-state index is 0.112. The minimum Gasteiger partial charge on any atom is -0.508 e. The largest absolute Gasteiger partial charge is 0.508 e. The zero-order chi connectivity index (χ0) is 22.8. The molecular formula is C27H30O5. The number of hydrogen-bond acceptors (Lipinski definition) is 5. The number of aryl methyl sites for hydroxylation is 1. The molecule has 3 unspecified atom stereocenters. The van der Waals surface area contributed by atoms with Gasteiger partial charge in [0.2, 0.25) is 0 Å². The first kappa shape index (κ1) is 22.2. The molecule has 0 amide bonds. The van der Waals surface area contributed by atoms with E-state index in [2.05, 4.69) is 22.6 Å². The molecule has 0 heterocycles. The SMILES string of the molecule is CC#CC1(O)CCC2(Cc3ccc(O)cc3)c3ccc(OCC(=O)OC)cc3CCC2C1. The lowest BCUT2D eigenvalue weighted by Crippen LogP contribution is -2.50. The van der Waals surface area contributed by atoms with Crippen molar-refractivity contribution in [3.05, 3.63) is 59.2 Å². The molecule has 0 aromatic heterocycles. The standard InChI is InChI=1S/C27H30O5/c1-3-12-26(30)13-14-27(16-19-4-8-22(28)9-5-19)21(17-26)7-6-20-15-23(10-11-24(20)27)32-18-25(29)31-2/h4-5,8-11,15,21,28,30H,6-7,13-14,16-18H2,1-2H3. The van der Waals surface area contributed by atoms with E-state index < -0.39 is 11.6 Å². The van der Waals surface area contributed by atoms with E-state index in [1.165, 1.54) is 23.8 Å². The Morgan fingerprint density at radius 3 is 2.69 bits per heavy atom. The number of carbonyl (C=O) groups is 1. The van der Waals surface area contributed by atoms with Gasteiger partial charge >= 0.3 is 5.97 Å². The number of aromatic hydroxyl groups is 1. The molecule has 0 spiro atoms. The molecule has 2 aromatic rings. The van der Waals surface area contributed by atoms with Crippen LogP contribution in [0.1, 0.15) is 49.3 Å². The Morgan fingerprint density at radius 2 is 1.97 bits per heavy atom. The van der Waals surface area contributed by atoms with E-state index in [1.807, 2.05) is 24.3 Å². The summed E-state index contributed by atoms with van der Waals surface area (Å²) in [6.07, 6.45) is 4.80. The summed E-state index contributed by atoms with van der Waals surface area (Å²) >= 11 is 0. The number of carbonyl (C=O) groups excluding carboxylic acids is 1. The Kier molecular flexibility index (Phi) is 6.17. The Bertz CT molecular complexity index is 1050. The number of fused-ring (bicyclic) bond motifs is 3. The maximum Gasteiger partial charge on any atom is 0.343 e. The first-order valence-electron chi connectivity index (χ1n) is 11.1. The first-order chi connectivity index (χ1) is 15.4. The molecular weight excluding hydrogens is 404 g/mol. The van der Waals surface area contributed by atoms with Gasteiger partial charge < -0.3 is 19.7 Å². The van der Waals surface area contributed by atoms with E-state index in [0.717, 1.165) is 25.7 Å². The third-order valence-corrected chi connectivity index (χ3v) is 7.12. The number of benzene rings is 2. The summed E-state index contributed by atoms with van der Waals surface area (Å²) in [5, 5.41) is 20.8. The molecule has 2 aliphatic carbocycles. The van der Waals surface area contributed by atoms with Crippen LogP contribution in [0, 0.1) is 17.8 Å². The molecule has 1 saturated carbocycles. The third kappa shape index (κ3) is 4.33. The van der Waals surface area contributed by atoms with Crippen LogP contribution in [0.4, 0.5) is 0 Å². The van der Waals surface area contributed by atoms with Crippen molar-refractivity contribution in [2.45, 2.75) is 56.5 Å². The van der Waals surface area contributed by atoms with Crippen LogP contribution < -0.4 is 4.74 Å². The highest BCUT2D eigenvalue weighted by Gasteiger charge is 2.51. The van der Waals surface area contributed by atoms with Crippen LogP contribution in [-0.4, -0.2) is 35.5 Å². The van der Waals surface area contributed by atoms with Crippen molar-refractivity contribution in [1.29, 1.82) is 0 Å². The van der Waals surface area contributed by atoms with Gasteiger partial charge in [0, 0.05) is 5.41 Å². The molecule has 168 valence electrons. The number of phenols is 1. The monoisotopic (exact) mass is 434 g/mol. The van der Waals surface area contributed by atoms with Gasteiger partial charge in [-0.2, -0.15) is 0 Å². The lowest BCUT2D eigenvalue weighted by molar-refractivity contribution is -0.142. The van der Waals surface area contributed by atoms with Gasteiger partial charge in [-0.25, -0.2) is 4.79 Å².